The van der Waals surface area contributed by atoms with Crippen LogP contribution in [0.3, 0.4) is 0 Å². The molecule has 0 bridgehead atoms. The van der Waals surface area contributed by atoms with E-state index in [-0.39, 0.29) is 6.04 Å². The topological polar surface area (TPSA) is 52.0 Å². The molecule has 0 aromatic heterocycles. The van der Waals surface area contributed by atoms with Crippen molar-refractivity contribution < 1.29 is 0 Å². The Kier molecular flexibility index (Phi) is 3.07. The van der Waals surface area contributed by atoms with Crippen molar-refractivity contribution in [3.8, 4) is 0 Å². The van der Waals surface area contributed by atoms with Gasteiger partial charge >= 0.3 is 0 Å². The molecular weight excluding hydrogens is 160 g/mol. The molecule has 1 rings (SSSR count). The summed E-state index contributed by atoms with van der Waals surface area (Å²) >= 11 is 0. The largest absolute Gasteiger partial charge is 0.329 e. The van der Waals surface area contributed by atoms with Gasteiger partial charge in [0.05, 0.1) is 0 Å². The maximum atomic E-state index is 5.86. The average molecular weight is 178 g/mol. The number of nitrogens with two attached hydrogens (primary N) is 2. The predicted octanol–water partition coefficient (Wildman–Crippen LogP) is 1.57. The highest BCUT2D eigenvalue weighted by Gasteiger charge is 2.06. The molecule has 1 aromatic carbocycles. The van der Waals surface area contributed by atoms with E-state index in [0.29, 0.717) is 6.54 Å². The van der Waals surface area contributed by atoms with Gasteiger partial charge in [-0.3, -0.25) is 0 Å². The molecular formula is C11H18N2. The molecule has 0 radical (unpaired) electrons. The Hall–Kier alpha value is -0.860. The molecule has 1 aromatic rings. The Bertz CT molecular complexity index is 282. The van der Waals surface area contributed by atoms with Gasteiger partial charge in [0.2, 0.25) is 0 Å². The van der Waals surface area contributed by atoms with Crippen LogP contribution < -0.4 is 11.5 Å². The Morgan fingerprint density at radius 1 is 1.15 bits per heavy atom. The van der Waals surface area contributed by atoms with Crippen LogP contribution in [0.2, 0.25) is 0 Å². The number of hydrogen-bond donors (Lipinski definition) is 2. The Balaban J connectivity index is 3.13. The summed E-state index contributed by atoms with van der Waals surface area (Å²) < 4.78 is 0. The van der Waals surface area contributed by atoms with Crippen LogP contribution in [0, 0.1) is 20.8 Å². The molecule has 2 heteroatoms. The Morgan fingerprint density at radius 2 is 1.62 bits per heavy atom. The first-order chi connectivity index (χ1) is 6.06. The molecule has 0 saturated carbocycles. The van der Waals surface area contributed by atoms with Gasteiger partial charge in [0, 0.05) is 12.6 Å². The summed E-state index contributed by atoms with van der Waals surface area (Å²) in [6.07, 6.45) is 0. The molecule has 1 atom stereocenters. The van der Waals surface area contributed by atoms with E-state index in [1.807, 2.05) is 0 Å². The molecule has 0 spiro atoms. The first-order valence-electron chi connectivity index (χ1n) is 4.59. The maximum absolute atomic E-state index is 5.86. The quantitative estimate of drug-likeness (QED) is 0.722. The Labute approximate surface area is 79.9 Å². The van der Waals surface area contributed by atoms with Gasteiger partial charge in [0.1, 0.15) is 0 Å². The lowest BCUT2D eigenvalue weighted by Gasteiger charge is -2.13. The van der Waals surface area contributed by atoms with E-state index in [0.717, 1.165) is 5.56 Å². The number of hydrogen-bond acceptors (Lipinski definition) is 2. The number of rotatable bonds is 2. The first-order valence-corrected chi connectivity index (χ1v) is 4.59. The zero-order valence-corrected chi connectivity index (χ0v) is 8.59. The van der Waals surface area contributed by atoms with Crippen molar-refractivity contribution in [1.82, 2.24) is 0 Å². The zero-order valence-electron chi connectivity index (χ0n) is 8.59. The van der Waals surface area contributed by atoms with E-state index in [9.17, 15) is 0 Å². The van der Waals surface area contributed by atoms with E-state index >= 15 is 0 Å². The first kappa shape index (κ1) is 10.2. The van der Waals surface area contributed by atoms with Crippen LogP contribution in [-0.4, -0.2) is 6.54 Å². The van der Waals surface area contributed by atoms with Crippen molar-refractivity contribution in [3.63, 3.8) is 0 Å². The molecule has 0 fully saturated rings. The summed E-state index contributed by atoms with van der Waals surface area (Å²) in [7, 11) is 0. The summed E-state index contributed by atoms with van der Waals surface area (Å²) in [5, 5.41) is 0. The van der Waals surface area contributed by atoms with Gasteiger partial charge in [-0.1, -0.05) is 12.1 Å². The number of aryl methyl sites for hydroxylation is 2. The molecule has 0 saturated heterocycles. The van der Waals surface area contributed by atoms with Gasteiger partial charge in [0.15, 0.2) is 0 Å². The van der Waals surface area contributed by atoms with Gasteiger partial charge < -0.3 is 11.5 Å². The molecule has 13 heavy (non-hydrogen) atoms. The molecule has 0 heterocycles. The second-order valence-electron chi connectivity index (χ2n) is 3.62. The van der Waals surface area contributed by atoms with Gasteiger partial charge in [-0.15, -0.1) is 0 Å². The highest BCUT2D eigenvalue weighted by atomic mass is 14.7. The summed E-state index contributed by atoms with van der Waals surface area (Å²) in [5.41, 5.74) is 16.4. The molecule has 0 unspecified atom stereocenters. The SMILES string of the molecule is Cc1cc([C@@H](N)CN)cc(C)c1C. The molecule has 0 aliphatic rings. The fraction of sp³-hybridized carbons (Fsp3) is 0.455. The third kappa shape index (κ3) is 2.08. The van der Waals surface area contributed by atoms with Crippen LogP contribution in [0.15, 0.2) is 12.1 Å². The Morgan fingerprint density at radius 3 is 2.00 bits per heavy atom. The maximum Gasteiger partial charge on any atom is 0.0419 e. The average Bonchev–Trinajstić information content (AvgIpc) is 2.12. The highest BCUT2D eigenvalue weighted by Crippen LogP contribution is 2.18. The molecule has 4 N–H and O–H groups in total. The van der Waals surface area contributed by atoms with Gasteiger partial charge in [-0.2, -0.15) is 0 Å². The summed E-state index contributed by atoms with van der Waals surface area (Å²) in [4.78, 5) is 0. The van der Waals surface area contributed by atoms with E-state index in [4.69, 9.17) is 11.5 Å². The van der Waals surface area contributed by atoms with Crippen molar-refractivity contribution in [2.75, 3.05) is 6.54 Å². The normalized spacial score (nSPS) is 13.0. The molecule has 0 amide bonds. The van der Waals surface area contributed by atoms with Crippen LogP contribution >= 0.6 is 0 Å². The second-order valence-corrected chi connectivity index (χ2v) is 3.62. The van der Waals surface area contributed by atoms with Crippen molar-refractivity contribution in [2.45, 2.75) is 26.8 Å². The molecule has 0 aliphatic heterocycles. The third-order valence-corrected chi connectivity index (χ3v) is 2.63. The van der Waals surface area contributed by atoms with E-state index in [1.165, 1.54) is 16.7 Å². The van der Waals surface area contributed by atoms with Crippen molar-refractivity contribution in [3.05, 3.63) is 34.4 Å². The van der Waals surface area contributed by atoms with Crippen LogP contribution in [0.1, 0.15) is 28.3 Å². The van der Waals surface area contributed by atoms with Gasteiger partial charge in [-0.05, 0) is 43.0 Å². The van der Waals surface area contributed by atoms with Crippen LogP contribution in [0.4, 0.5) is 0 Å². The highest BCUT2D eigenvalue weighted by molar-refractivity contribution is 5.38. The van der Waals surface area contributed by atoms with E-state index < -0.39 is 0 Å². The standard InChI is InChI=1S/C11H18N2/c1-7-4-10(11(13)6-12)5-8(2)9(7)3/h4-5,11H,6,12-13H2,1-3H3/t11-/m0/s1. The lowest BCUT2D eigenvalue weighted by molar-refractivity contribution is 0.735. The van der Waals surface area contributed by atoms with Gasteiger partial charge in [0.25, 0.3) is 0 Å². The van der Waals surface area contributed by atoms with Crippen molar-refractivity contribution in [2.24, 2.45) is 11.5 Å². The molecule has 72 valence electrons. The lowest BCUT2D eigenvalue weighted by atomic mass is 9.97. The van der Waals surface area contributed by atoms with Crippen LogP contribution in [0.5, 0.6) is 0 Å². The predicted molar refractivity (Wildman–Crippen MR) is 56.6 cm³/mol. The minimum atomic E-state index is -0.0296. The fourth-order valence-electron chi connectivity index (χ4n) is 1.42. The van der Waals surface area contributed by atoms with E-state index in [2.05, 4.69) is 32.9 Å². The van der Waals surface area contributed by atoms with Crippen LogP contribution in [0.25, 0.3) is 0 Å². The van der Waals surface area contributed by atoms with Crippen molar-refractivity contribution in [1.29, 1.82) is 0 Å². The summed E-state index contributed by atoms with van der Waals surface area (Å²) in [5.74, 6) is 0. The lowest BCUT2D eigenvalue weighted by Crippen LogP contribution is -2.21. The number of benzene rings is 1. The monoisotopic (exact) mass is 178 g/mol. The molecule has 0 aliphatic carbocycles. The van der Waals surface area contributed by atoms with E-state index in [1.54, 1.807) is 0 Å². The second kappa shape index (κ2) is 3.90. The fourth-order valence-corrected chi connectivity index (χ4v) is 1.42. The molecule has 2 nitrogen and oxygen atoms in total. The zero-order chi connectivity index (χ0) is 10.0. The summed E-state index contributed by atoms with van der Waals surface area (Å²) in [6.45, 7) is 6.84. The summed E-state index contributed by atoms with van der Waals surface area (Å²) in [6, 6.07) is 4.22. The van der Waals surface area contributed by atoms with Gasteiger partial charge in [-0.25, -0.2) is 0 Å². The third-order valence-electron chi connectivity index (χ3n) is 2.63. The van der Waals surface area contributed by atoms with Crippen LogP contribution in [-0.2, 0) is 0 Å². The minimum Gasteiger partial charge on any atom is -0.329 e. The smallest absolute Gasteiger partial charge is 0.0419 e. The minimum absolute atomic E-state index is 0.0296. The van der Waals surface area contributed by atoms with Crippen molar-refractivity contribution >= 4 is 0 Å².